The minimum Gasteiger partial charge on any atom is -0.399 e. The second-order valence-corrected chi connectivity index (χ2v) is 3.09. The van der Waals surface area contributed by atoms with E-state index in [-0.39, 0.29) is 10.7 Å². The fourth-order valence-corrected chi connectivity index (χ4v) is 1.23. The van der Waals surface area contributed by atoms with Gasteiger partial charge < -0.3 is 5.73 Å². The Morgan fingerprint density at radius 1 is 1.20 bits per heavy atom. The summed E-state index contributed by atoms with van der Waals surface area (Å²) in [5.41, 5.74) is 5.07. The molecule has 86 valence electrons. The van der Waals surface area contributed by atoms with Crippen molar-refractivity contribution in [3.63, 3.8) is 0 Å². The molecule has 0 aliphatic heterocycles. The average Bonchev–Trinajstić information content (AvgIpc) is 2.13. The zero-order valence-electron chi connectivity index (χ0n) is 8.74. The number of halogens is 4. The van der Waals surface area contributed by atoms with Crippen LogP contribution in [0.4, 0.5) is 18.9 Å². The van der Waals surface area contributed by atoms with E-state index in [1.165, 1.54) is 6.07 Å². The standard InChI is InChI=1S/C8H7ClF3N.C2H6/c1-4-2-6(9)5(3-7(4)13)8(10,11)12;1-2/h2-3H,13H2,1H3;1-2H3. The normalized spacial score (nSPS) is 10.6. The minimum absolute atomic E-state index is 0.0942. The number of nitrogens with two attached hydrogens (primary N) is 1. The van der Waals surface area contributed by atoms with Gasteiger partial charge in [-0.2, -0.15) is 13.2 Å². The maximum atomic E-state index is 12.2. The highest BCUT2D eigenvalue weighted by Crippen LogP contribution is 2.36. The molecule has 1 nitrogen and oxygen atoms in total. The van der Waals surface area contributed by atoms with Crippen molar-refractivity contribution in [1.82, 2.24) is 0 Å². The molecule has 1 rings (SSSR count). The second-order valence-electron chi connectivity index (χ2n) is 2.69. The van der Waals surface area contributed by atoms with Crippen LogP contribution in [0.5, 0.6) is 0 Å². The van der Waals surface area contributed by atoms with E-state index >= 15 is 0 Å². The zero-order chi connectivity index (χ0) is 12.2. The van der Waals surface area contributed by atoms with Crippen molar-refractivity contribution in [2.45, 2.75) is 26.9 Å². The number of hydrogen-bond donors (Lipinski definition) is 1. The Bertz CT molecular complexity index is 334. The summed E-state index contributed by atoms with van der Waals surface area (Å²) in [6, 6.07) is 2.05. The summed E-state index contributed by atoms with van der Waals surface area (Å²) in [7, 11) is 0. The van der Waals surface area contributed by atoms with E-state index in [0.29, 0.717) is 5.56 Å². The summed E-state index contributed by atoms with van der Waals surface area (Å²) < 4.78 is 36.7. The van der Waals surface area contributed by atoms with Crippen molar-refractivity contribution in [3.8, 4) is 0 Å². The predicted octanol–water partition coefficient (Wildman–Crippen LogP) is 4.28. The summed E-state index contributed by atoms with van der Waals surface area (Å²) in [4.78, 5) is 0. The quantitative estimate of drug-likeness (QED) is 0.672. The number of nitrogen functional groups attached to an aromatic ring is 1. The molecule has 0 saturated carbocycles. The zero-order valence-corrected chi connectivity index (χ0v) is 9.50. The maximum absolute atomic E-state index is 12.2. The smallest absolute Gasteiger partial charge is 0.399 e. The van der Waals surface area contributed by atoms with E-state index in [2.05, 4.69) is 0 Å². The monoisotopic (exact) mass is 239 g/mol. The first-order valence-electron chi connectivity index (χ1n) is 4.45. The van der Waals surface area contributed by atoms with Crippen molar-refractivity contribution in [3.05, 3.63) is 28.3 Å². The van der Waals surface area contributed by atoms with Crippen LogP contribution < -0.4 is 5.73 Å². The largest absolute Gasteiger partial charge is 0.417 e. The van der Waals surface area contributed by atoms with Gasteiger partial charge in [-0.15, -0.1) is 0 Å². The SMILES string of the molecule is CC.Cc1cc(Cl)c(C(F)(F)F)cc1N. The number of benzene rings is 1. The highest BCUT2D eigenvalue weighted by Gasteiger charge is 2.33. The van der Waals surface area contributed by atoms with Gasteiger partial charge in [0.1, 0.15) is 0 Å². The molecular weight excluding hydrogens is 227 g/mol. The number of hydrogen-bond acceptors (Lipinski definition) is 1. The summed E-state index contributed by atoms with van der Waals surface area (Å²) >= 11 is 5.41. The molecule has 0 aromatic heterocycles. The third-order valence-electron chi connectivity index (χ3n) is 1.66. The molecule has 0 heterocycles. The fraction of sp³-hybridized carbons (Fsp3) is 0.400. The van der Waals surface area contributed by atoms with E-state index in [0.717, 1.165) is 6.07 Å². The van der Waals surface area contributed by atoms with Gasteiger partial charge in [0.15, 0.2) is 0 Å². The molecule has 0 amide bonds. The molecule has 0 aliphatic rings. The van der Waals surface area contributed by atoms with Crippen molar-refractivity contribution >= 4 is 17.3 Å². The van der Waals surface area contributed by atoms with Crippen LogP contribution >= 0.6 is 11.6 Å². The van der Waals surface area contributed by atoms with Crippen LogP contribution in [0.2, 0.25) is 5.02 Å². The lowest BCUT2D eigenvalue weighted by Crippen LogP contribution is -2.07. The van der Waals surface area contributed by atoms with Gasteiger partial charge in [0, 0.05) is 5.69 Å². The molecular formula is C10H13ClF3N. The molecule has 0 aliphatic carbocycles. The Kier molecular flexibility index (Phi) is 4.94. The van der Waals surface area contributed by atoms with E-state index < -0.39 is 11.7 Å². The maximum Gasteiger partial charge on any atom is 0.417 e. The van der Waals surface area contributed by atoms with E-state index in [4.69, 9.17) is 17.3 Å². The number of anilines is 1. The lowest BCUT2D eigenvalue weighted by molar-refractivity contribution is -0.137. The molecule has 15 heavy (non-hydrogen) atoms. The molecule has 0 atom stereocenters. The van der Waals surface area contributed by atoms with Gasteiger partial charge >= 0.3 is 6.18 Å². The highest BCUT2D eigenvalue weighted by molar-refractivity contribution is 6.31. The first kappa shape index (κ1) is 14.1. The summed E-state index contributed by atoms with van der Waals surface area (Å²) in [6.45, 7) is 5.60. The van der Waals surface area contributed by atoms with Crippen LogP contribution in [0.25, 0.3) is 0 Å². The molecule has 1 aromatic carbocycles. The Labute approximate surface area is 92.0 Å². The first-order valence-corrected chi connectivity index (χ1v) is 4.83. The molecule has 5 heteroatoms. The summed E-state index contributed by atoms with van der Waals surface area (Å²) in [6.07, 6.45) is -4.45. The molecule has 0 saturated heterocycles. The number of aryl methyl sites for hydroxylation is 1. The predicted molar refractivity (Wildman–Crippen MR) is 57.0 cm³/mol. The van der Waals surface area contributed by atoms with E-state index in [9.17, 15) is 13.2 Å². The van der Waals surface area contributed by atoms with Gasteiger partial charge in [-0.3, -0.25) is 0 Å². The van der Waals surface area contributed by atoms with Crippen LogP contribution in [0.3, 0.4) is 0 Å². The molecule has 0 unspecified atom stereocenters. The van der Waals surface area contributed by atoms with Gasteiger partial charge in [-0.05, 0) is 24.6 Å². The highest BCUT2D eigenvalue weighted by atomic mass is 35.5. The van der Waals surface area contributed by atoms with Gasteiger partial charge in [0.05, 0.1) is 10.6 Å². The number of alkyl halides is 3. The molecule has 0 spiro atoms. The van der Waals surface area contributed by atoms with Gasteiger partial charge in [-0.25, -0.2) is 0 Å². The van der Waals surface area contributed by atoms with Crippen molar-refractivity contribution < 1.29 is 13.2 Å². The number of rotatable bonds is 0. The van der Waals surface area contributed by atoms with Crippen molar-refractivity contribution in [1.29, 1.82) is 0 Å². The Balaban J connectivity index is 0.000000921. The van der Waals surface area contributed by atoms with Crippen LogP contribution in [-0.2, 0) is 6.18 Å². The van der Waals surface area contributed by atoms with Crippen LogP contribution in [0, 0.1) is 6.92 Å². The van der Waals surface area contributed by atoms with Crippen LogP contribution in [0.1, 0.15) is 25.0 Å². The van der Waals surface area contributed by atoms with Crippen molar-refractivity contribution in [2.75, 3.05) is 5.73 Å². The molecule has 2 N–H and O–H groups in total. The van der Waals surface area contributed by atoms with Crippen LogP contribution in [0.15, 0.2) is 12.1 Å². The minimum atomic E-state index is -4.45. The topological polar surface area (TPSA) is 26.0 Å². The molecule has 0 radical (unpaired) electrons. The van der Waals surface area contributed by atoms with Crippen LogP contribution in [-0.4, -0.2) is 0 Å². The Hall–Kier alpha value is -0.900. The van der Waals surface area contributed by atoms with Crippen molar-refractivity contribution in [2.24, 2.45) is 0 Å². The second kappa shape index (κ2) is 5.26. The van der Waals surface area contributed by atoms with Gasteiger partial charge in [0.2, 0.25) is 0 Å². The third kappa shape index (κ3) is 3.63. The summed E-state index contributed by atoms with van der Waals surface area (Å²) in [5.74, 6) is 0. The van der Waals surface area contributed by atoms with E-state index in [1.807, 2.05) is 13.8 Å². The Morgan fingerprint density at radius 2 is 1.67 bits per heavy atom. The van der Waals surface area contributed by atoms with Gasteiger partial charge in [0.25, 0.3) is 0 Å². The average molecular weight is 240 g/mol. The molecule has 0 fully saturated rings. The van der Waals surface area contributed by atoms with E-state index in [1.54, 1.807) is 6.92 Å². The van der Waals surface area contributed by atoms with Gasteiger partial charge in [-0.1, -0.05) is 25.4 Å². The lowest BCUT2D eigenvalue weighted by Gasteiger charge is -2.10. The summed E-state index contributed by atoms with van der Waals surface area (Å²) in [5, 5.41) is -0.320. The fourth-order valence-electron chi connectivity index (χ4n) is 0.907. The molecule has 1 aromatic rings. The molecule has 0 bridgehead atoms. The first-order chi connectivity index (χ1) is 6.82. The Morgan fingerprint density at radius 3 is 2.07 bits per heavy atom. The lowest BCUT2D eigenvalue weighted by atomic mass is 10.1. The third-order valence-corrected chi connectivity index (χ3v) is 1.97.